The van der Waals surface area contributed by atoms with Crippen LogP contribution in [0.5, 0.6) is 0 Å². The highest BCUT2D eigenvalue weighted by Gasteiger charge is 2.32. The zero-order valence-electron chi connectivity index (χ0n) is 12.1. The van der Waals surface area contributed by atoms with Crippen LogP contribution in [-0.2, 0) is 9.84 Å². The predicted octanol–water partition coefficient (Wildman–Crippen LogP) is 0.269. The van der Waals surface area contributed by atoms with Gasteiger partial charge in [-0.1, -0.05) is 0 Å². The molecule has 0 aliphatic carbocycles. The van der Waals surface area contributed by atoms with Crippen LogP contribution in [0.1, 0.15) is 23.9 Å². The van der Waals surface area contributed by atoms with Gasteiger partial charge in [-0.2, -0.15) is 5.10 Å². The lowest BCUT2D eigenvalue weighted by atomic mass is 10.2. The van der Waals surface area contributed by atoms with E-state index in [0.717, 1.165) is 37.6 Å². The Kier molecular flexibility index (Phi) is 3.50. The van der Waals surface area contributed by atoms with Crippen LogP contribution in [0.15, 0.2) is 0 Å². The van der Waals surface area contributed by atoms with Crippen molar-refractivity contribution < 1.29 is 8.42 Å². The van der Waals surface area contributed by atoms with E-state index in [1.807, 2.05) is 11.6 Å². The number of aromatic nitrogens is 2. The van der Waals surface area contributed by atoms with Gasteiger partial charge >= 0.3 is 0 Å². The van der Waals surface area contributed by atoms with Gasteiger partial charge in [0.2, 0.25) is 0 Å². The van der Waals surface area contributed by atoms with Gasteiger partial charge in [-0.05, 0) is 20.3 Å². The van der Waals surface area contributed by atoms with E-state index in [4.69, 9.17) is 0 Å². The summed E-state index contributed by atoms with van der Waals surface area (Å²) in [6.07, 6.45) is 0.686. The number of piperazine rings is 1. The summed E-state index contributed by atoms with van der Waals surface area (Å²) in [5.74, 6) is 0.523. The summed E-state index contributed by atoms with van der Waals surface area (Å²) in [6, 6.07) is 0.00960. The van der Waals surface area contributed by atoms with Gasteiger partial charge in [-0.3, -0.25) is 4.68 Å². The SMILES string of the molecule is Cc1nn([C@H]2CCS(=O)(=O)C2)c(C)c1N1CCNCC1. The summed E-state index contributed by atoms with van der Waals surface area (Å²) < 4.78 is 25.3. The molecule has 6 nitrogen and oxygen atoms in total. The van der Waals surface area contributed by atoms with Gasteiger partial charge in [0.15, 0.2) is 9.84 Å². The second-order valence-corrected chi connectivity index (χ2v) is 7.99. The number of sulfone groups is 1. The second kappa shape index (κ2) is 5.04. The van der Waals surface area contributed by atoms with Gasteiger partial charge in [-0.25, -0.2) is 8.42 Å². The lowest BCUT2D eigenvalue weighted by molar-refractivity contribution is 0.485. The third kappa shape index (κ3) is 2.44. The molecule has 1 N–H and O–H groups in total. The largest absolute Gasteiger partial charge is 0.366 e. The fourth-order valence-corrected chi connectivity index (χ4v) is 5.02. The average molecular weight is 298 g/mol. The van der Waals surface area contributed by atoms with Gasteiger partial charge in [-0.15, -0.1) is 0 Å². The van der Waals surface area contributed by atoms with Gasteiger partial charge in [0.05, 0.1) is 34.6 Å². The van der Waals surface area contributed by atoms with Crippen molar-refractivity contribution in [1.82, 2.24) is 15.1 Å². The molecule has 0 bridgehead atoms. The number of anilines is 1. The summed E-state index contributed by atoms with van der Waals surface area (Å²) in [5.41, 5.74) is 3.30. The fraction of sp³-hybridized carbons (Fsp3) is 0.769. The van der Waals surface area contributed by atoms with Crippen LogP contribution in [0.4, 0.5) is 5.69 Å². The molecule has 112 valence electrons. The van der Waals surface area contributed by atoms with E-state index in [2.05, 4.69) is 22.2 Å². The number of hydrogen-bond donors (Lipinski definition) is 1. The molecule has 2 aliphatic rings. The van der Waals surface area contributed by atoms with Gasteiger partial charge in [0, 0.05) is 26.2 Å². The molecule has 0 aromatic carbocycles. The van der Waals surface area contributed by atoms with E-state index in [-0.39, 0.29) is 11.8 Å². The summed E-state index contributed by atoms with van der Waals surface area (Å²) in [5, 5.41) is 7.97. The number of hydrogen-bond acceptors (Lipinski definition) is 5. The van der Waals surface area contributed by atoms with E-state index in [1.54, 1.807) is 0 Å². The molecule has 1 aromatic rings. The van der Waals surface area contributed by atoms with Crippen LogP contribution >= 0.6 is 0 Å². The fourth-order valence-electron chi connectivity index (χ4n) is 3.32. The Hall–Kier alpha value is -1.08. The van der Waals surface area contributed by atoms with Crippen molar-refractivity contribution in [2.75, 3.05) is 42.6 Å². The lowest BCUT2D eigenvalue weighted by Crippen LogP contribution is -2.44. The Bertz CT molecular complexity index is 602. The monoisotopic (exact) mass is 298 g/mol. The van der Waals surface area contributed by atoms with Crippen LogP contribution in [0.2, 0.25) is 0 Å². The normalized spacial score (nSPS) is 26.1. The highest BCUT2D eigenvalue weighted by atomic mass is 32.2. The molecule has 2 aliphatic heterocycles. The molecule has 0 unspecified atom stereocenters. The van der Waals surface area contributed by atoms with Crippen LogP contribution in [0, 0.1) is 13.8 Å². The quantitative estimate of drug-likeness (QED) is 0.849. The molecular formula is C13H22N4O2S. The Balaban J connectivity index is 1.90. The second-order valence-electron chi connectivity index (χ2n) is 5.76. The highest BCUT2D eigenvalue weighted by Crippen LogP contribution is 2.31. The van der Waals surface area contributed by atoms with E-state index >= 15 is 0 Å². The van der Waals surface area contributed by atoms with Crippen LogP contribution in [0.25, 0.3) is 0 Å². The zero-order chi connectivity index (χ0) is 14.3. The maximum absolute atomic E-state index is 11.7. The van der Waals surface area contributed by atoms with Crippen molar-refractivity contribution in [3.63, 3.8) is 0 Å². The summed E-state index contributed by atoms with van der Waals surface area (Å²) in [7, 11) is -2.87. The lowest BCUT2D eigenvalue weighted by Gasteiger charge is -2.29. The van der Waals surface area contributed by atoms with Crippen LogP contribution < -0.4 is 10.2 Å². The molecule has 2 fully saturated rings. The number of nitrogens with one attached hydrogen (secondary N) is 1. The minimum Gasteiger partial charge on any atom is -0.366 e. The molecule has 7 heteroatoms. The Morgan fingerprint density at radius 2 is 1.95 bits per heavy atom. The van der Waals surface area contributed by atoms with Crippen molar-refractivity contribution in [3.8, 4) is 0 Å². The van der Waals surface area contributed by atoms with Crippen molar-refractivity contribution in [2.24, 2.45) is 0 Å². The molecule has 1 atom stereocenters. The third-order valence-electron chi connectivity index (χ3n) is 4.27. The van der Waals surface area contributed by atoms with Crippen LogP contribution in [-0.4, -0.2) is 55.9 Å². The van der Waals surface area contributed by atoms with Gasteiger partial charge in [0.1, 0.15) is 0 Å². The predicted molar refractivity (Wildman–Crippen MR) is 79.1 cm³/mol. The maximum Gasteiger partial charge on any atom is 0.152 e. The first-order valence-corrected chi connectivity index (χ1v) is 9.02. The van der Waals surface area contributed by atoms with Crippen molar-refractivity contribution in [1.29, 1.82) is 0 Å². The smallest absolute Gasteiger partial charge is 0.152 e. The number of aryl methyl sites for hydroxylation is 1. The zero-order valence-corrected chi connectivity index (χ0v) is 12.9. The van der Waals surface area contributed by atoms with E-state index in [0.29, 0.717) is 12.2 Å². The van der Waals surface area contributed by atoms with Crippen molar-refractivity contribution >= 4 is 15.5 Å². The Morgan fingerprint density at radius 3 is 2.55 bits per heavy atom. The molecule has 0 spiro atoms. The number of rotatable bonds is 2. The van der Waals surface area contributed by atoms with Crippen molar-refractivity contribution in [2.45, 2.75) is 26.3 Å². The molecule has 0 amide bonds. The van der Waals surface area contributed by atoms with E-state index in [9.17, 15) is 8.42 Å². The minimum atomic E-state index is -2.87. The standard InChI is InChI=1S/C13H22N4O2S/c1-10-13(16-6-4-14-5-7-16)11(2)17(15-10)12-3-8-20(18,19)9-12/h12,14H,3-9H2,1-2H3/t12-/m0/s1. The summed E-state index contributed by atoms with van der Waals surface area (Å²) in [6.45, 7) is 8.02. The molecular weight excluding hydrogens is 276 g/mol. The molecule has 2 saturated heterocycles. The summed E-state index contributed by atoms with van der Waals surface area (Å²) in [4.78, 5) is 2.36. The Labute approximate surface area is 120 Å². The molecule has 3 heterocycles. The van der Waals surface area contributed by atoms with E-state index in [1.165, 1.54) is 5.69 Å². The van der Waals surface area contributed by atoms with Crippen LogP contribution in [0.3, 0.4) is 0 Å². The van der Waals surface area contributed by atoms with Crippen molar-refractivity contribution in [3.05, 3.63) is 11.4 Å². The molecule has 0 radical (unpaired) electrons. The topological polar surface area (TPSA) is 67.2 Å². The first-order valence-electron chi connectivity index (χ1n) is 7.20. The molecule has 20 heavy (non-hydrogen) atoms. The van der Waals surface area contributed by atoms with E-state index < -0.39 is 9.84 Å². The highest BCUT2D eigenvalue weighted by molar-refractivity contribution is 7.91. The van der Waals surface area contributed by atoms with Gasteiger partial charge in [0.25, 0.3) is 0 Å². The first kappa shape index (κ1) is 13.9. The van der Waals surface area contributed by atoms with Gasteiger partial charge < -0.3 is 10.2 Å². The number of nitrogens with zero attached hydrogens (tertiary/aromatic N) is 3. The molecule has 0 saturated carbocycles. The average Bonchev–Trinajstić information content (AvgIpc) is 2.90. The maximum atomic E-state index is 11.7. The molecule has 3 rings (SSSR count). The first-order chi connectivity index (χ1) is 9.48. The Morgan fingerprint density at radius 1 is 1.25 bits per heavy atom. The minimum absolute atomic E-state index is 0.00960. The summed E-state index contributed by atoms with van der Waals surface area (Å²) >= 11 is 0. The third-order valence-corrected chi connectivity index (χ3v) is 6.02. The molecule has 1 aromatic heterocycles.